The molecule has 0 aromatic heterocycles. The summed E-state index contributed by atoms with van der Waals surface area (Å²) in [6.45, 7) is 0. The van der Waals surface area contributed by atoms with Crippen LogP contribution in [0, 0.1) is 26.2 Å². The SMILES string of the molecule is N#CC(C#N)=NNc1c(Cl)cc(Cl)cc1I. The highest BCUT2D eigenvalue weighted by atomic mass is 127. The minimum absolute atomic E-state index is 0.276. The third-order valence-corrected chi connectivity index (χ3v) is 2.87. The average molecular weight is 365 g/mol. The molecule has 0 saturated heterocycles. The molecular formula is C9H3Cl2IN4. The number of rotatable bonds is 2. The van der Waals surface area contributed by atoms with Crippen LogP contribution in [0.4, 0.5) is 5.69 Å². The van der Waals surface area contributed by atoms with Crippen molar-refractivity contribution in [2.45, 2.75) is 0 Å². The van der Waals surface area contributed by atoms with Crippen LogP contribution in [0.25, 0.3) is 0 Å². The lowest BCUT2D eigenvalue weighted by Gasteiger charge is -2.06. The van der Waals surface area contributed by atoms with Gasteiger partial charge in [0, 0.05) is 8.59 Å². The maximum absolute atomic E-state index is 8.49. The molecule has 1 N–H and O–H groups in total. The maximum atomic E-state index is 8.49. The van der Waals surface area contributed by atoms with Gasteiger partial charge in [0.25, 0.3) is 0 Å². The molecule has 1 aromatic carbocycles. The van der Waals surface area contributed by atoms with Gasteiger partial charge in [-0.05, 0) is 34.7 Å². The smallest absolute Gasteiger partial charge is 0.237 e. The van der Waals surface area contributed by atoms with Crippen LogP contribution in [0.5, 0.6) is 0 Å². The predicted molar refractivity (Wildman–Crippen MR) is 71.5 cm³/mol. The van der Waals surface area contributed by atoms with Crippen LogP contribution in [0.3, 0.4) is 0 Å². The van der Waals surface area contributed by atoms with E-state index in [0.717, 1.165) is 3.57 Å². The lowest BCUT2D eigenvalue weighted by molar-refractivity contribution is 1.33. The van der Waals surface area contributed by atoms with Gasteiger partial charge in [0.15, 0.2) is 0 Å². The van der Waals surface area contributed by atoms with Crippen molar-refractivity contribution in [1.82, 2.24) is 0 Å². The highest BCUT2D eigenvalue weighted by Gasteiger charge is 2.06. The Morgan fingerprint density at radius 1 is 1.31 bits per heavy atom. The third kappa shape index (κ3) is 3.24. The number of anilines is 1. The van der Waals surface area contributed by atoms with Crippen molar-refractivity contribution in [2.75, 3.05) is 5.43 Å². The molecule has 1 rings (SSSR count). The minimum Gasteiger partial charge on any atom is -0.274 e. The molecule has 0 spiro atoms. The van der Waals surface area contributed by atoms with Crippen molar-refractivity contribution in [3.8, 4) is 12.1 Å². The van der Waals surface area contributed by atoms with Crippen molar-refractivity contribution < 1.29 is 0 Å². The van der Waals surface area contributed by atoms with E-state index in [2.05, 4.69) is 10.5 Å². The summed E-state index contributed by atoms with van der Waals surface area (Å²) < 4.78 is 0.745. The molecule has 0 radical (unpaired) electrons. The van der Waals surface area contributed by atoms with Gasteiger partial charge in [-0.2, -0.15) is 15.6 Å². The molecule has 0 saturated carbocycles. The summed E-state index contributed by atoms with van der Waals surface area (Å²) in [7, 11) is 0. The Bertz CT molecular complexity index is 488. The Morgan fingerprint density at radius 3 is 2.44 bits per heavy atom. The van der Waals surface area contributed by atoms with E-state index in [4.69, 9.17) is 33.7 Å². The van der Waals surface area contributed by atoms with Crippen LogP contribution in [0.2, 0.25) is 10.0 Å². The molecule has 0 bridgehead atoms. The average Bonchev–Trinajstić information content (AvgIpc) is 2.22. The Labute approximate surface area is 116 Å². The molecule has 0 heterocycles. The van der Waals surface area contributed by atoms with Crippen LogP contribution in [-0.4, -0.2) is 5.71 Å². The highest BCUT2D eigenvalue weighted by molar-refractivity contribution is 14.1. The minimum atomic E-state index is -0.276. The molecule has 0 atom stereocenters. The zero-order valence-corrected chi connectivity index (χ0v) is 11.3. The quantitative estimate of drug-likeness (QED) is 0.496. The summed E-state index contributed by atoms with van der Waals surface area (Å²) >= 11 is 13.7. The second kappa shape index (κ2) is 5.90. The number of nitrogens with one attached hydrogen (secondary N) is 1. The van der Waals surface area contributed by atoms with Crippen molar-refractivity contribution in [3.05, 3.63) is 25.7 Å². The number of halogens is 3. The molecule has 0 aliphatic carbocycles. The second-order valence-electron chi connectivity index (χ2n) is 2.54. The zero-order chi connectivity index (χ0) is 12.1. The number of nitriles is 2. The van der Waals surface area contributed by atoms with E-state index in [-0.39, 0.29) is 5.71 Å². The fourth-order valence-electron chi connectivity index (χ4n) is 0.836. The molecule has 0 unspecified atom stereocenters. The molecule has 0 aliphatic rings. The lowest BCUT2D eigenvalue weighted by atomic mass is 10.3. The lowest BCUT2D eigenvalue weighted by Crippen LogP contribution is -1.98. The molecule has 1 aromatic rings. The summed E-state index contributed by atoms with van der Waals surface area (Å²) in [4.78, 5) is 0. The largest absolute Gasteiger partial charge is 0.274 e. The van der Waals surface area contributed by atoms with Crippen molar-refractivity contribution in [3.63, 3.8) is 0 Å². The van der Waals surface area contributed by atoms with Crippen LogP contribution < -0.4 is 5.43 Å². The standard InChI is InChI=1S/C9H3Cl2IN4/c10-5-1-7(11)9(8(12)2-5)16-15-6(3-13)4-14/h1-2,16H. The molecular weight excluding hydrogens is 362 g/mol. The first-order valence-corrected chi connectivity index (χ1v) is 5.70. The van der Waals surface area contributed by atoms with E-state index in [1.165, 1.54) is 0 Å². The van der Waals surface area contributed by atoms with Gasteiger partial charge in [0.2, 0.25) is 5.71 Å². The molecule has 0 fully saturated rings. The van der Waals surface area contributed by atoms with Gasteiger partial charge >= 0.3 is 0 Å². The van der Waals surface area contributed by atoms with E-state index in [9.17, 15) is 0 Å². The van der Waals surface area contributed by atoms with Crippen molar-refractivity contribution >= 4 is 57.2 Å². The van der Waals surface area contributed by atoms with E-state index >= 15 is 0 Å². The molecule has 16 heavy (non-hydrogen) atoms. The van der Waals surface area contributed by atoms with Crippen LogP contribution >= 0.6 is 45.8 Å². The third-order valence-electron chi connectivity index (χ3n) is 1.50. The van der Waals surface area contributed by atoms with Gasteiger partial charge in [-0.25, -0.2) is 0 Å². The van der Waals surface area contributed by atoms with Gasteiger partial charge in [-0.3, -0.25) is 5.43 Å². The topological polar surface area (TPSA) is 72.0 Å². The second-order valence-corrected chi connectivity index (χ2v) is 4.55. The molecule has 4 nitrogen and oxygen atoms in total. The molecule has 80 valence electrons. The predicted octanol–water partition coefficient (Wildman–Crippen LogP) is 3.41. The molecule has 0 amide bonds. The molecule has 7 heteroatoms. The number of hydrogen-bond donors (Lipinski definition) is 1. The highest BCUT2D eigenvalue weighted by Crippen LogP contribution is 2.31. The summed E-state index contributed by atoms with van der Waals surface area (Å²) in [5.41, 5.74) is 2.79. The summed E-state index contributed by atoms with van der Waals surface area (Å²) in [6, 6.07) is 6.48. The van der Waals surface area contributed by atoms with Gasteiger partial charge in [0.1, 0.15) is 12.1 Å². The fourth-order valence-corrected chi connectivity index (χ4v) is 2.46. The van der Waals surface area contributed by atoms with E-state index in [1.807, 2.05) is 22.6 Å². The summed E-state index contributed by atoms with van der Waals surface area (Å²) in [5.74, 6) is 0. The maximum Gasteiger partial charge on any atom is 0.237 e. The van der Waals surface area contributed by atoms with E-state index < -0.39 is 0 Å². The summed E-state index contributed by atoms with van der Waals surface area (Å²) in [6.07, 6.45) is 0. The monoisotopic (exact) mass is 364 g/mol. The Balaban J connectivity index is 3.05. The van der Waals surface area contributed by atoms with Gasteiger partial charge in [-0.15, -0.1) is 0 Å². The Hall–Kier alpha value is -1.02. The fraction of sp³-hybridized carbons (Fsp3) is 0. The van der Waals surface area contributed by atoms with E-state index in [1.54, 1.807) is 24.3 Å². The zero-order valence-electron chi connectivity index (χ0n) is 7.63. The Morgan fingerprint density at radius 2 is 1.94 bits per heavy atom. The first-order valence-electron chi connectivity index (χ1n) is 3.87. The van der Waals surface area contributed by atoms with Crippen LogP contribution in [0.15, 0.2) is 17.2 Å². The van der Waals surface area contributed by atoms with Crippen molar-refractivity contribution in [2.24, 2.45) is 5.10 Å². The number of hydrazone groups is 1. The number of nitrogens with zero attached hydrogens (tertiary/aromatic N) is 3. The first-order chi connectivity index (χ1) is 7.58. The first kappa shape index (κ1) is 13.0. The van der Waals surface area contributed by atoms with Crippen molar-refractivity contribution in [1.29, 1.82) is 10.5 Å². The summed E-state index contributed by atoms with van der Waals surface area (Å²) in [5, 5.41) is 21.4. The molecule has 0 aliphatic heterocycles. The van der Waals surface area contributed by atoms with Gasteiger partial charge in [-0.1, -0.05) is 23.2 Å². The number of hydrogen-bond acceptors (Lipinski definition) is 4. The Kier molecular flexibility index (Phi) is 4.81. The van der Waals surface area contributed by atoms with E-state index in [0.29, 0.717) is 15.7 Å². The van der Waals surface area contributed by atoms with Crippen LogP contribution in [-0.2, 0) is 0 Å². The van der Waals surface area contributed by atoms with Gasteiger partial charge in [0.05, 0.1) is 10.7 Å². The normalized spacial score (nSPS) is 8.81. The van der Waals surface area contributed by atoms with Crippen LogP contribution in [0.1, 0.15) is 0 Å². The number of benzene rings is 1. The van der Waals surface area contributed by atoms with Gasteiger partial charge < -0.3 is 0 Å².